The lowest BCUT2D eigenvalue weighted by Crippen LogP contribution is -2.19. The molecule has 0 aromatic carbocycles. The van der Waals surface area contributed by atoms with Crippen LogP contribution < -0.4 is 0 Å². The number of carbonyl (C=O) groups excluding carboxylic acids is 2. The Morgan fingerprint density at radius 1 is 1.14 bits per heavy atom. The molecule has 0 unspecified atom stereocenters. The highest BCUT2D eigenvalue weighted by molar-refractivity contribution is 6.76. The maximum absolute atomic E-state index is 11.3. The number of aldehydes is 1. The van der Waals surface area contributed by atoms with Crippen molar-refractivity contribution in [3.8, 4) is 0 Å². The van der Waals surface area contributed by atoms with E-state index in [4.69, 9.17) is 0 Å². The summed E-state index contributed by atoms with van der Waals surface area (Å²) in [6.45, 7) is 6.97. The van der Waals surface area contributed by atoms with E-state index in [1.54, 1.807) is 0 Å². The maximum atomic E-state index is 11.3. The number of hydrogen-bond donors (Lipinski definition) is 0. The molecule has 0 aliphatic rings. The molecule has 0 saturated heterocycles. The highest BCUT2D eigenvalue weighted by Gasteiger charge is 2.12. The summed E-state index contributed by atoms with van der Waals surface area (Å²) in [6, 6.07) is 1.23. The molecule has 0 amide bonds. The molecule has 0 N–H and O–H groups in total. The molecule has 0 aliphatic heterocycles. The fourth-order valence-electron chi connectivity index (χ4n) is 1.32. The van der Waals surface area contributed by atoms with Crippen LogP contribution in [0.3, 0.4) is 0 Å². The van der Waals surface area contributed by atoms with Crippen LogP contribution in [-0.4, -0.2) is 20.1 Å². The van der Waals surface area contributed by atoms with Gasteiger partial charge >= 0.3 is 0 Å². The Morgan fingerprint density at radius 3 is 2.21 bits per heavy atom. The standard InChI is InChI=1S/C11H22O2Si/c1-14(2,3)10-6-8-11(13)7-4-5-9-12/h9H,4-8,10H2,1-3H3. The van der Waals surface area contributed by atoms with Gasteiger partial charge in [0.05, 0.1) is 0 Å². The SMILES string of the molecule is C[Si](C)(C)CCCC(=O)CCCC=O. The first kappa shape index (κ1) is 13.6. The molecule has 0 fully saturated rings. The van der Waals surface area contributed by atoms with Crippen LogP contribution in [0.5, 0.6) is 0 Å². The normalized spacial score (nSPS) is 11.4. The monoisotopic (exact) mass is 214 g/mol. The molecule has 0 heterocycles. The molecule has 0 aromatic rings. The van der Waals surface area contributed by atoms with E-state index in [1.165, 1.54) is 6.04 Å². The average molecular weight is 214 g/mol. The van der Waals surface area contributed by atoms with E-state index in [1.807, 2.05) is 0 Å². The van der Waals surface area contributed by atoms with E-state index in [-0.39, 0.29) is 0 Å². The van der Waals surface area contributed by atoms with Crippen LogP contribution in [0.4, 0.5) is 0 Å². The molecule has 0 spiro atoms. The third-order valence-electron chi connectivity index (χ3n) is 2.16. The number of carbonyl (C=O) groups is 2. The average Bonchev–Trinajstić information content (AvgIpc) is 2.02. The molecule has 0 radical (unpaired) electrons. The lowest BCUT2D eigenvalue weighted by atomic mass is 10.1. The maximum Gasteiger partial charge on any atom is 0.132 e. The van der Waals surface area contributed by atoms with E-state index < -0.39 is 8.07 Å². The summed E-state index contributed by atoms with van der Waals surface area (Å²) < 4.78 is 0. The summed E-state index contributed by atoms with van der Waals surface area (Å²) >= 11 is 0. The minimum absolute atomic E-state index is 0.324. The van der Waals surface area contributed by atoms with Gasteiger partial charge in [-0.25, -0.2) is 0 Å². The Hall–Kier alpha value is -0.443. The van der Waals surface area contributed by atoms with Crippen molar-refractivity contribution in [2.75, 3.05) is 0 Å². The van der Waals surface area contributed by atoms with Gasteiger partial charge in [0.15, 0.2) is 0 Å². The van der Waals surface area contributed by atoms with Gasteiger partial charge in [-0.2, -0.15) is 0 Å². The molecule has 0 aromatic heterocycles. The number of rotatable bonds is 8. The predicted octanol–water partition coefficient (Wildman–Crippen LogP) is 3.04. The zero-order valence-electron chi connectivity index (χ0n) is 9.64. The van der Waals surface area contributed by atoms with Gasteiger partial charge in [0.1, 0.15) is 12.1 Å². The lowest BCUT2D eigenvalue weighted by Gasteiger charge is -2.14. The number of ketones is 1. The zero-order chi connectivity index (χ0) is 11.0. The third-order valence-corrected chi connectivity index (χ3v) is 4.01. The first-order chi connectivity index (χ1) is 6.45. The Kier molecular flexibility index (Phi) is 6.71. The highest BCUT2D eigenvalue weighted by atomic mass is 28.3. The summed E-state index contributed by atoms with van der Waals surface area (Å²) in [4.78, 5) is 21.3. The molecule has 82 valence electrons. The quantitative estimate of drug-likeness (QED) is 0.353. The van der Waals surface area contributed by atoms with E-state index >= 15 is 0 Å². The van der Waals surface area contributed by atoms with Crippen LogP contribution in [0, 0.1) is 0 Å². The van der Waals surface area contributed by atoms with E-state index in [2.05, 4.69) is 19.6 Å². The Bertz CT molecular complexity index is 182. The summed E-state index contributed by atoms with van der Waals surface area (Å²) in [5.74, 6) is 0.324. The van der Waals surface area contributed by atoms with Crippen molar-refractivity contribution < 1.29 is 9.59 Å². The van der Waals surface area contributed by atoms with Gasteiger partial charge in [-0.15, -0.1) is 0 Å². The van der Waals surface area contributed by atoms with Crippen LogP contribution in [0.1, 0.15) is 32.1 Å². The fourth-order valence-corrected chi connectivity index (χ4v) is 2.56. The smallest absolute Gasteiger partial charge is 0.132 e. The second-order valence-electron chi connectivity index (χ2n) is 5.01. The molecule has 0 atom stereocenters. The Labute approximate surface area is 88.1 Å². The predicted molar refractivity (Wildman–Crippen MR) is 62.3 cm³/mol. The topological polar surface area (TPSA) is 34.1 Å². The minimum atomic E-state index is -0.971. The summed E-state index contributed by atoms with van der Waals surface area (Å²) in [7, 11) is -0.971. The number of unbranched alkanes of at least 4 members (excludes halogenated alkanes) is 1. The summed E-state index contributed by atoms with van der Waals surface area (Å²) in [5, 5.41) is 0. The summed E-state index contributed by atoms with van der Waals surface area (Å²) in [5.41, 5.74) is 0. The van der Waals surface area contributed by atoms with Crippen molar-refractivity contribution in [3.05, 3.63) is 0 Å². The van der Waals surface area contributed by atoms with Gasteiger partial charge in [0, 0.05) is 27.3 Å². The van der Waals surface area contributed by atoms with Crippen LogP contribution in [0.2, 0.25) is 25.7 Å². The van der Waals surface area contributed by atoms with Gasteiger partial charge in [-0.3, -0.25) is 4.79 Å². The zero-order valence-corrected chi connectivity index (χ0v) is 10.6. The molecule has 0 rings (SSSR count). The molecule has 14 heavy (non-hydrogen) atoms. The molecule has 3 heteroatoms. The largest absolute Gasteiger partial charge is 0.303 e. The van der Waals surface area contributed by atoms with Crippen molar-refractivity contribution in [1.82, 2.24) is 0 Å². The molecule has 0 aliphatic carbocycles. The molecular formula is C11H22O2Si. The van der Waals surface area contributed by atoms with Crippen LogP contribution in [0.15, 0.2) is 0 Å². The van der Waals surface area contributed by atoms with Gasteiger partial charge in [0.2, 0.25) is 0 Å². The molecule has 0 bridgehead atoms. The Balaban J connectivity index is 3.40. The van der Waals surface area contributed by atoms with Crippen LogP contribution in [-0.2, 0) is 9.59 Å². The second kappa shape index (κ2) is 6.93. The first-order valence-electron chi connectivity index (χ1n) is 5.41. The first-order valence-corrected chi connectivity index (χ1v) is 9.12. The van der Waals surface area contributed by atoms with Gasteiger partial charge in [-0.1, -0.05) is 25.7 Å². The van der Waals surface area contributed by atoms with Crippen molar-refractivity contribution in [1.29, 1.82) is 0 Å². The minimum Gasteiger partial charge on any atom is -0.303 e. The molecular weight excluding hydrogens is 192 g/mol. The number of Topliss-reactive ketones (excluding diaryl/α,β-unsaturated/α-hetero) is 1. The van der Waals surface area contributed by atoms with E-state index in [9.17, 15) is 9.59 Å². The highest BCUT2D eigenvalue weighted by Crippen LogP contribution is 2.13. The van der Waals surface area contributed by atoms with E-state index in [0.29, 0.717) is 25.0 Å². The summed E-state index contributed by atoms with van der Waals surface area (Å²) in [6.07, 6.45) is 4.48. The third kappa shape index (κ3) is 9.64. The van der Waals surface area contributed by atoms with Crippen molar-refractivity contribution in [2.45, 2.75) is 57.8 Å². The van der Waals surface area contributed by atoms with Crippen LogP contribution in [0.25, 0.3) is 0 Å². The van der Waals surface area contributed by atoms with E-state index in [0.717, 1.165) is 19.1 Å². The molecule has 2 nitrogen and oxygen atoms in total. The van der Waals surface area contributed by atoms with Crippen LogP contribution >= 0.6 is 0 Å². The van der Waals surface area contributed by atoms with Crippen molar-refractivity contribution in [3.63, 3.8) is 0 Å². The second-order valence-corrected chi connectivity index (χ2v) is 10.6. The lowest BCUT2D eigenvalue weighted by molar-refractivity contribution is -0.119. The van der Waals surface area contributed by atoms with Gasteiger partial charge in [-0.05, 0) is 12.8 Å². The fraction of sp³-hybridized carbons (Fsp3) is 0.818. The van der Waals surface area contributed by atoms with Gasteiger partial charge in [0.25, 0.3) is 0 Å². The van der Waals surface area contributed by atoms with Crippen molar-refractivity contribution >= 4 is 20.1 Å². The Morgan fingerprint density at radius 2 is 1.71 bits per heavy atom. The number of hydrogen-bond acceptors (Lipinski definition) is 2. The molecule has 0 saturated carbocycles. The van der Waals surface area contributed by atoms with Gasteiger partial charge < -0.3 is 4.79 Å². The van der Waals surface area contributed by atoms with Crippen molar-refractivity contribution in [2.24, 2.45) is 0 Å².